The maximum atomic E-state index is 13.5. The van der Waals surface area contributed by atoms with Gasteiger partial charge in [0, 0.05) is 16.6 Å². The summed E-state index contributed by atoms with van der Waals surface area (Å²) in [4.78, 5) is 0. The molecular formula is C15H15ClFN. The molecule has 0 heterocycles. The lowest BCUT2D eigenvalue weighted by Gasteiger charge is -2.17. The third kappa shape index (κ3) is 2.55. The van der Waals surface area contributed by atoms with Crippen LogP contribution in [0.15, 0.2) is 42.5 Å². The van der Waals surface area contributed by atoms with Crippen molar-refractivity contribution < 1.29 is 4.39 Å². The molecule has 2 aromatic rings. The van der Waals surface area contributed by atoms with Gasteiger partial charge in [0.2, 0.25) is 0 Å². The highest BCUT2D eigenvalue weighted by atomic mass is 35.5. The summed E-state index contributed by atoms with van der Waals surface area (Å²) in [6.07, 6.45) is 0. The summed E-state index contributed by atoms with van der Waals surface area (Å²) in [6, 6.07) is 12.4. The number of benzene rings is 2. The minimum absolute atomic E-state index is 0.136. The van der Waals surface area contributed by atoms with Crippen LogP contribution in [0.2, 0.25) is 5.02 Å². The fourth-order valence-corrected chi connectivity index (χ4v) is 2.21. The van der Waals surface area contributed by atoms with Crippen LogP contribution >= 0.6 is 11.6 Å². The lowest BCUT2D eigenvalue weighted by molar-refractivity contribution is 0.620. The molecule has 0 bridgehead atoms. The Balaban J connectivity index is 2.62. The molecule has 2 aromatic carbocycles. The van der Waals surface area contributed by atoms with Crippen LogP contribution in [0, 0.1) is 5.82 Å². The molecule has 3 heteroatoms. The first-order chi connectivity index (χ1) is 8.63. The van der Waals surface area contributed by atoms with Crippen LogP contribution in [0.25, 0.3) is 11.1 Å². The summed E-state index contributed by atoms with van der Waals surface area (Å²) in [5, 5.41) is 3.80. The Morgan fingerprint density at radius 3 is 2.50 bits per heavy atom. The van der Waals surface area contributed by atoms with E-state index in [9.17, 15) is 4.39 Å². The van der Waals surface area contributed by atoms with Gasteiger partial charge in [0.1, 0.15) is 5.82 Å². The molecule has 0 aliphatic rings. The topological polar surface area (TPSA) is 12.0 Å². The molecule has 18 heavy (non-hydrogen) atoms. The van der Waals surface area contributed by atoms with E-state index in [0.717, 1.165) is 16.7 Å². The van der Waals surface area contributed by atoms with Crippen molar-refractivity contribution in [2.45, 2.75) is 13.0 Å². The van der Waals surface area contributed by atoms with Gasteiger partial charge in [-0.3, -0.25) is 0 Å². The first kappa shape index (κ1) is 13.1. The van der Waals surface area contributed by atoms with Gasteiger partial charge in [0.25, 0.3) is 0 Å². The van der Waals surface area contributed by atoms with Crippen molar-refractivity contribution in [1.29, 1.82) is 0 Å². The summed E-state index contributed by atoms with van der Waals surface area (Å²) in [6.45, 7) is 2.04. The molecule has 0 radical (unpaired) electrons. The average Bonchev–Trinajstić information content (AvgIpc) is 2.38. The Morgan fingerprint density at radius 1 is 1.11 bits per heavy atom. The largest absolute Gasteiger partial charge is 0.313 e. The molecule has 0 aromatic heterocycles. The average molecular weight is 264 g/mol. The van der Waals surface area contributed by atoms with Crippen LogP contribution in [0.5, 0.6) is 0 Å². The molecule has 1 unspecified atom stereocenters. The molecule has 0 aliphatic heterocycles. The van der Waals surface area contributed by atoms with Crippen molar-refractivity contribution >= 4 is 11.6 Å². The smallest absolute Gasteiger partial charge is 0.123 e. The number of hydrogen-bond donors (Lipinski definition) is 1. The summed E-state index contributed by atoms with van der Waals surface area (Å²) in [7, 11) is 1.88. The third-order valence-electron chi connectivity index (χ3n) is 3.08. The van der Waals surface area contributed by atoms with E-state index in [4.69, 9.17) is 11.6 Å². The van der Waals surface area contributed by atoms with E-state index in [0.29, 0.717) is 5.02 Å². The SMILES string of the molecule is CNC(C)c1ccc(F)cc1-c1ccccc1Cl. The van der Waals surface area contributed by atoms with Crippen LogP contribution in [-0.4, -0.2) is 7.05 Å². The first-order valence-corrected chi connectivity index (χ1v) is 6.23. The van der Waals surface area contributed by atoms with Crippen molar-refractivity contribution in [1.82, 2.24) is 5.32 Å². The van der Waals surface area contributed by atoms with Gasteiger partial charge >= 0.3 is 0 Å². The number of nitrogens with one attached hydrogen (secondary N) is 1. The Labute approximate surface area is 112 Å². The molecule has 1 N–H and O–H groups in total. The van der Waals surface area contributed by atoms with Crippen LogP contribution < -0.4 is 5.32 Å². The summed E-state index contributed by atoms with van der Waals surface area (Å²) in [5.74, 6) is -0.253. The van der Waals surface area contributed by atoms with Gasteiger partial charge in [0.15, 0.2) is 0 Å². The number of rotatable bonds is 3. The van der Waals surface area contributed by atoms with E-state index < -0.39 is 0 Å². The Hall–Kier alpha value is -1.38. The van der Waals surface area contributed by atoms with E-state index in [1.165, 1.54) is 12.1 Å². The zero-order valence-electron chi connectivity index (χ0n) is 10.4. The lowest BCUT2D eigenvalue weighted by atomic mass is 9.95. The molecule has 0 saturated heterocycles. The molecule has 94 valence electrons. The highest BCUT2D eigenvalue weighted by molar-refractivity contribution is 6.33. The van der Waals surface area contributed by atoms with Gasteiger partial charge < -0.3 is 5.32 Å². The molecule has 1 nitrogen and oxygen atoms in total. The fourth-order valence-electron chi connectivity index (χ4n) is 1.97. The van der Waals surface area contributed by atoms with Gasteiger partial charge in [-0.25, -0.2) is 4.39 Å². The monoisotopic (exact) mass is 263 g/mol. The van der Waals surface area contributed by atoms with Crippen molar-refractivity contribution in [3.63, 3.8) is 0 Å². The van der Waals surface area contributed by atoms with E-state index >= 15 is 0 Å². The van der Waals surface area contributed by atoms with E-state index in [-0.39, 0.29) is 11.9 Å². The Morgan fingerprint density at radius 2 is 1.83 bits per heavy atom. The zero-order valence-corrected chi connectivity index (χ0v) is 11.1. The molecule has 2 rings (SSSR count). The third-order valence-corrected chi connectivity index (χ3v) is 3.41. The van der Waals surface area contributed by atoms with Crippen LogP contribution in [0.3, 0.4) is 0 Å². The molecular weight excluding hydrogens is 249 g/mol. The highest BCUT2D eigenvalue weighted by Crippen LogP contribution is 2.33. The van der Waals surface area contributed by atoms with Gasteiger partial charge in [-0.2, -0.15) is 0 Å². The maximum absolute atomic E-state index is 13.5. The zero-order chi connectivity index (χ0) is 13.1. The summed E-state index contributed by atoms with van der Waals surface area (Å²) < 4.78 is 13.5. The minimum atomic E-state index is -0.253. The second-order valence-corrected chi connectivity index (χ2v) is 4.63. The Kier molecular flexibility index (Phi) is 4.00. The van der Waals surface area contributed by atoms with Gasteiger partial charge in [-0.05, 0) is 43.3 Å². The van der Waals surface area contributed by atoms with Crippen molar-refractivity contribution in [2.24, 2.45) is 0 Å². The molecule has 0 saturated carbocycles. The maximum Gasteiger partial charge on any atom is 0.123 e. The molecule has 0 fully saturated rings. The van der Waals surface area contributed by atoms with E-state index in [1.54, 1.807) is 6.07 Å². The van der Waals surface area contributed by atoms with Gasteiger partial charge in [-0.1, -0.05) is 35.9 Å². The second kappa shape index (κ2) is 5.51. The highest BCUT2D eigenvalue weighted by Gasteiger charge is 2.13. The predicted molar refractivity (Wildman–Crippen MR) is 74.3 cm³/mol. The number of hydrogen-bond acceptors (Lipinski definition) is 1. The standard InChI is InChI=1S/C15H15ClFN/c1-10(18-2)12-8-7-11(17)9-14(12)13-5-3-4-6-15(13)16/h3-10,18H,1-2H3. The quantitative estimate of drug-likeness (QED) is 0.864. The van der Waals surface area contributed by atoms with E-state index in [1.807, 2.05) is 38.2 Å². The predicted octanol–water partition coefficient (Wildman–Crippen LogP) is 4.43. The fraction of sp³-hybridized carbons (Fsp3) is 0.200. The molecule has 0 amide bonds. The molecule has 1 atom stereocenters. The molecule has 0 spiro atoms. The minimum Gasteiger partial charge on any atom is -0.313 e. The van der Waals surface area contributed by atoms with Crippen molar-refractivity contribution in [2.75, 3.05) is 7.05 Å². The van der Waals surface area contributed by atoms with Crippen LogP contribution in [0.1, 0.15) is 18.5 Å². The second-order valence-electron chi connectivity index (χ2n) is 4.22. The van der Waals surface area contributed by atoms with Crippen LogP contribution in [0.4, 0.5) is 4.39 Å². The first-order valence-electron chi connectivity index (χ1n) is 5.85. The summed E-state index contributed by atoms with van der Waals surface area (Å²) in [5.41, 5.74) is 2.73. The summed E-state index contributed by atoms with van der Waals surface area (Å²) >= 11 is 6.19. The lowest BCUT2D eigenvalue weighted by Crippen LogP contribution is -2.13. The van der Waals surface area contributed by atoms with Crippen molar-refractivity contribution in [3.8, 4) is 11.1 Å². The number of halogens is 2. The van der Waals surface area contributed by atoms with E-state index in [2.05, 4.69) is 5.32 Å². The van der Waals surface area contributed by atoms with Crippen molar-refractivity contribution in [3.05, 3.63) is 58.9 Å². The molecule has 0 aliphatic carbocycles. The van der Waals surface area contributed by atoms with Crippen LogP contribution in [-0.2, 0) is 0 Å². The normalized spacial score (nSPS) is 12.4. The Bertz CT molecular complexity index is 554. The van der Waals surface area contributed by atoms with Gasteiger partial charge in [-0.15, -0.1) is 0 Å². The van der Waals surface area contributed by atoms with Gasteiger partial charge in [0.05, 0.1) is 0 Å².